The van der Waals surface area contributed by atoms with Crippen LogP contribution in [0, 0.1) is 11.8 Å². The van der Waals surface area contributed by atoms with E-state index in [0.29, 0.717) is 24.1 Å². The Morgan fingerprint density at radius 1 is 1.25 bits per heavy atom. The molecule has 1 aromatic rings. The molecular formula is C20H25NO9S2. The third kappa shape index (κ3) is 6.69. The Labute approximate surface area is 187 Å². The van der Waals surface area contributed by atoms with Crippen molar-refractivity contribution in [2.45, 2.75) is 37.0 Å². The van der Waals surface area contributed by atoms with E-state index in [0.717, 1.165) is 19.4 Å². The van der Waals surface area contributed by atoms with Gasteiger partial charge in [0.1, 0.15) is 6.10 Å². The molecule has 0 saturated carbocycles. The van der Waals surface area contributed by atoms with Crippen LogP contribution in [0.3, 0.4) is 0 Å². The summed E-state index contributed by atoms with van der Waals surface area (Å²) in [5, 5.41) is 9.38. The second-order valence-electron chi connectivity index (χ2n) is 7.61. The average Bonchev–Trinajstić information content (AvgIpc) is 3.03. The van der Waals surface area contributed by atoms with Crippen LogP contribution in [0.15, 0.2) is 24.3 Å². The van der Waals surface area contributed by atoms with Crippen LogP contribution >= 0.6 is 0 Å². The molecule has 1 fully saturated rings. The van der Waals surface area contributed by atoms with Gasteiger partial charge in [0, 0.05) is 30.3 Å². The first-order valence-electron chi connectivity index (χ1n) is 9.57. The molecule has 1 N–H and O–H groups in total. The van der Waals surface area contributed by atoms with Crippen molar-refractivity contribution in [1.82, 2.24) is 0 Å². The molecule has 0 aliphatic carbocycles. The van der Waals surface area contributed by atoms with Crippen molar-refractivity contribution in [2.75, 3.05) is 30.6 Å². The Morgan fingerprint density at radius 3 is 2.41 bits per heavy atom. The highest BCUT2D eigenvalue weighted by molar-refractivity contribution is 7.92. The van der Waals surface area contributed by atoms with Crippen LogP contribution in [-0.2, 0) is 33.7 Å². The molecule has 32 heavy (non-hydrogen) atoms. The van der Waals surface area contributed by atoms with Crippen molar-refractivity contribution >= 4 is 37.7 Å². The molecule has 1 aliphatic heterocycles. The molecule has 1 amide bonds. The lowest BCUT2D eigenvalue weighted by atomic mass is 10.0. The summed E-state index contributed by atoms with van der Waals surface area (Å²) in [5.41, 5.74) is 1.18. The lowest BCUT2D eigenvalue weighted by Crippen LogP contribution is -2.46. The topological polar surface area (TPSA) is 144 Å². The molecule has 1 aliphatic rings. The molecule has 12 heteroatoms. The summed E-state index contributed by atoms with van der Waals surface area (Å²) >= 11 is 0. The van der Waals surface area contributed by atoms with Gasteiger partial charge in [-0.1, -0.05) is 11.8 Å². The lowest BCUT2D eigenvalue weighted by molar-refractivity contribution is -0.140. The van der Waals surface area contributed by atoms with Crippen molar-refractivity contribution in [3.63, 3.8) is 0 Å². The van der Waals surface area contributed by atoms with Gasteiger partial charge in [-0.2, -0.15) is 8.42 Å². The monoisotopic (exact) mass is 487 g/mol. The number of hydrogen-bond donors (Lipinski definition) is 1. The van der Waals surface area contributed by atoms with E-state index in [1.807, 2.05) is 0 Å². The zero-order chi connectivity index (χ0) is 24.2. The van der Waals surface area contributed by atoms with Crippen LogP contribution in [0.5, 0.6) is 0 Å². The third-order valence-electron chi connectivity index (χ3n) is 4.92. The average molecular weight is 488 g/mol. The molecule has 1 heterocycles. The first kappa shape index (κ1) is 25.6. The van der Waals surface area contributed by atoms with Gasteiger partial charge in [0.15, 0.2) is 14.6 Å². The summed E-state index contributed by atoms with van der Waals surface area (Å²) in [6.45, 7) is 1.18. The number of anilines is 1. The maximum Gasteiger partial charge on any atom is 0.414 e. The second-order valence-corrected chi connectivity index (χ2v) is 11.7. The second kappa shape index (κ2) is 9.89. The van der Waals surface area contributed by atoms with Crippen molar-refractivity contribution < 1.29 is 40.5 Å². The molecule has 0 spiro atoms. The minimum atomic E-state index is -3.94. The van der Waals surface area contributed by atoms with Crippen molar-refractivity contribution in [2.24, 2.45) is 0 Å². The highest BCUT2D eigenvalue weighted by Crippen LogP contribution is 2.30. The summed E-state index contributed by atoms with van der Waals surface area (Å²) in [6, 6.07) is 6.67. The predicted octanol–water partition coefficient (Wildman–Crippen LogP) is 1.40. The predicted molar refractivity (Wildman–Crippen MR) is 116 cm³/mol. The lowest BCUT2D eigenvalue weighted by Gasteiger charge is -2.24. The van der Waals surface area contributed by atoms with Crippen LogP contribution < -0.4 is 4.90 Å². The van der Waals surface area contributed by atoms with Gasteiger partial charge in [0.25, 0.3) is 10.1 Å². The molecule has 0 unspecified atom stereocenters. The molecule has 2 rings (SSSR count). The van der Waals surface area contributed by atoms with E-state index in [1.165, 1.54) is 4.90 Å². The molecule has 0 bridgehead atoms. The number of ether oxygens (including phenoxy) is 1. The number of aliphatic carboxylic acids is 1. The smallest absolute Gasteiger partial charge is 0.414 e. The van der Waals surface area contributed by atoms with Crippen molar-refractivity contribution in [3.05, 3.63) is 29.8 Å². The highest BCUT2D eigenvalue weighted by Gasteiger charge is 2.48. The van der Waals surface area contributed by atoms with Gasteiger partial charge in [-0.25, -0.2) is 13.2 Å². The number of unbranched alkanes of at least 4 members (excludes halogenated alkanes) is 1. The summed E-state index contributed by atoms with van der Waals surface area (Å²) in [5.74, 6) is 4.32. The van der Waals surface area contributed by atoms with Crippen molar-refractivity contribution in [3.8, 4) is 11.8 Å². The van der Waals surface area contributed by atoms with Gasteiger partial charge >= 0.3 is 12.1 Å². The van der Waals surface area contributed by atoms with E-state index in [-0.39, 0.29) is 19.6 Å². The Hall–Kier alpha value is -2.62. The van der Waals surface area contributed by atoms with E-state index < -0.39 is 42.9 Å². The van der Waals surface area contributed by atoms with Crippen molar-refractivity contribution in [1.29, 1.82) is 0 Å². The molecule has 0 aromatic heterocycles. The van der Waals surface area contributed by atoms with E-state index in [2.05, 4.69) is 16.0 Å². The first-order chi connectivity index (χ1) is 14.7. The number of nitrogens with zero attached hydrogens (tertiary/aromatic N) is 1. The number of amides is 1. The molecule has 2 atom stereocenters. The van der Waals surface area contributed by atoms with Crippen LogP contribution in [0.2, 0.25) is 0 Å². The number of sulfone groups is 1. The maximum atomic E-state index is 12.2. The molecular weight excluding hydrogens is 462 g/mol. The van der Waals surface area contributed by atoms with Crippen LogP contribution in [0.1, 0.15) is 31.7 Å². The van der Waals surface area contributed by atoms with E-state index >= 15 is 0 Å². The molecule has 0 radical (unpaired) electrons. The van der Waals surface area contributed by atoms with Gasteiger partial charge in [0.05, 0.1) is 19.4 Å². The summed E-state index contributed by atoms with van der Waals surface area (Å²) < 4.78 is 53.4. The maximum absolute atomic E-state index is 12.2. The number of benzene rings is 1. The van der Waals surface area contributed by atoms with Gasteiger partial charge in [-0.3, -0.25) is 13.9 Å². The number of carbonyl (C=O) groups excluding carboxylic acids is 1. The minimum absolute atomic E-state index is 0.0165. The standard InChI is InChI=1S/C20H25NO9S2/c1-20(18(22)23,31(2,25)26)13-17-14-21(19(24)30-17)16-10-8-15(9-11-16)7-5-4-6-12-29-32(3,27)28/h8-11,17H,4,6,12-14H2,1-3H3,(H,22,23)/t17-,20+/m0/s1. The zero-order valence-corrected chi connectivity index (χ0v) is 19.5. The number of cyclic esters (lactones) is 1. The highest BCUT2D eigenvalue weighted by atomic mass is 32.2. The normalized spacial score (nSPS) is 18.4. The van der Waals surface area contributed by atoms with E-state index in [1.54, 1.807) is 24.3 Å². The fourth-order valence-corrected chi connectivity index (χ4v) is 4.16. The Bertz CT molecular complexity index is 1130. The third-order valence-corrected chi connectivity index (χ3v) is 7.49. The Balaban J connectivity index is 1.98. The number of hydrogen-bond acceptors (Lipinski definition) is 8. The zero-order valence-electron chi connectivity index (χ0n) is 17.9. The summed E-state index contributed by atoms with van der Waals surface area (Å²) in [7, 11) is -7.40. The van der Waals surface area contributed by atoms with Crippen LogP contribution in [-0.4, -0.2) is 70.5 Å². The SMILES string of the molecule is C[C@@](C[C@H]1CN(c2ccc(C#CCCCOS(C)(=O)=O)cc2)C(=O)O1)(C(=O)O)S(C)(=O)=O. The fraction of sp³-hybridized carbons (Fsp3) is 0.500. The van der Waals surface area contributed by atoms with Crippen LogP contribution in [0.25, 0.3) is 0 Å². The van der Waals surface area contributed by atoms with Gasteiger partial charge in [-0.05, 0) is 37.6 Å². The molecule has 176 valence electrons. The molecule has 1 saturated heterocycles. The van der Waals surface area contributed by atoms with E-state index in [9.17, 15) is 31.5 Å². The largest absolute Gasteiger partial charge is 0.480 e. The van der Waals surface area contributed by atoms with Gasteiger partial charge < -0.3 is 9.84 Å². The number of carboxylic acid groups (broad SMARTS) is 1. The van der Waals surface area contributed by atoms with Crippen LogP contribution in [0.4, 0.5) is 10.5 Å². The summed E-state index contributed by atoms with van der Waals surface area (Å²) in [6.07, 6.45) is 0.772. The van der Waals surface area contributed by atoms with Gasteiger partial charge in [0.2, 0.25) is 0 Å². The molecule has 10 nitrogen and oxygen atoms in total. The Morgan fingerprint density at radius 2 is 1.88 bits per heavy atom. The van der Waals surface area contributed by atoms with Gasteiger partial charge in [-0.15, -0.1) is 0 Å². The minimum Gasteiger partial charge on any atom is -0.480 e. The molecule has 1 aromatic carbocycles. The number of carbonyl (C=O) groups is 2. The Kier molecular flexibility index (Phi) is 7.92. The first-order valence-corrected chi connectivity index (χ1v) is 13.3. The quantitative estimate of drug-likeness (QED) is 0.310. The number of rotatable bonds is 9. The summed E-state index contributed by atoms with van der Waals surface area (Å²) in [4.78, 5) is 25.1. The van der Waals surface area contributed by atoms with E-state index in [4.69, 9.17) is 4.74 Å². The fourth-order valence-electron chi connectivity index (χ4n) is 2.93. The number of carboxylic acids is 1.